The standard InChI is InChI=1S/C26H20N4O2S/c31-24(27-15-20-17-33-26(28-20)19-8-2-1-3-9-19)16-30-25(32)14-13-23(29-30)22-12-6-10-18-7-4-5-11-21(18)22/h1-14,17H,15-16H2,(H,27,31). The largest absolute Gasteiger partial charge is 0.349 e. The maximum absolute atomic E-state index is 12.5. The summed E-state index contributed by atoms with van der Waals surface area (Å²) < 4.78 is 1.20. The maximum atomic E-state index is 12.5. The highest BCUT2D eigenvalue weighted by molar-refractivity contribution is 7.13. The van der Waals surface area contributed by atoms with Gasteiger partial charge < -0.3 is 5.32 Å². The number of nitrogens with one attached hydrogen (secondary N) is 1. The van der Waals surface area contributed by atoms with Gasteiger partial charge in [0.2, 0.25) is 5.91 Å². The van der Waals surface area contributed by atoms with Gasteiger partial charge in [0.1, 0.15) is 11.6 Å². The molecule has 0 atom stereocenters. The predicted octanol–water partition coefficient (Wildman–Crippen LogP) is 4.50. The second kappa shape index (κ2) is 9.18. The van der Waals surface area contributed by atoms with Crippen LogP contribution < -0.4 is 10.9 Å². The van der Waals surface area contributed by atoms with Crippen LogP contribution >= 0.6 is 11.3 Å². The van der Waals surface area contributed by atoms with E-state index in [9.17, 15) is 9.59 Å². The summed E-state index contributed by atoms with van der Waals surface area (Å²) in [7, 11) is 0. The van der Waals surface area contributed by atoms with Gasteiger partial charge in [-0.1, -0.05) is 72.8 Å². The molecule has 0 saturated heterocycles. The number of hydrogen-bond donors (Lipinski definition) is 1. The van der Waals surface area contributed by atoms with E-state index < -0.39 is 0 Å². The number of nitrogens with zero attached hydrogens (tertiary/aromatic N) is 3. The summed E-state index contributed by atoms with van der Waals surface area (Å²) in [4.78, 5) is 29.5. The van der Waals surface area contributed by atoms with Crippen molar-refractivity contribution in [3.8, 4) is 21.8 Å². The Labute approximate surface area is 194 Å². The number of aromatic nitrogens is 3. The van der Waals surface area contributed by atoms with Crippen LogP contribution in [0.1, 0.15) is 5.69 Å². The summed E-state index contributed by atoms with van der Waals surface area (Å²) >= 11 is 1.53. The lowest BCUT2D eigenvalue weighted by atomic mass is 10.0. The highest BCUT2D eigenvalue weighted by Crippen LogP contribution is 2.26. The lowest BCUT2D eigenvalue weighted by Crippen LogP contribution is -2.33. The van der Waals surface area contributed by atoms with Gasteiger partial charge in [0, 0.05) is 22.6 Å². The van der Waals surface area contributed by atoms with E-state index in [1.54, 1.807) is 6.07 Å². The van der Waals surface area contributed by atoms with Gasteiger partial charge in [0.25, 0.3) is 5.56 Å². The molecule has 2 heterocycles. The van der Waals surface area contributed by atoms with Crippen molar-refractivity contribution < 1.29 is 4.79 Å². The van der Waals surface area contributed by atoms with Crippen LogP contribution in [-0.4, -0.2) is 20.7 Å². The molecule has 6 nitrogen and oxygen atoms in total. The van der Waals surface area contributed by atoms with Gasteiger partial charge >= 0.3 is 0 Å². The van der Waals surface area contributed by atoms with Crippen LogP contribution in [0.5, 0.6) is 0 Å². The van der Waals surface area contributed by atoms with E-state index in [1.807, 2.05) is 78.2 Å². The number of benzene rings is 3. The van der Waals surface area contributed by atoms with Gasteiger partial charge in [-0.25, -0.2) is 9.67 Å². The van der Waals surface area contributed by atoms with Crippen LogP contribution in [0.2, 0.25) is 0 Å². The van der Waals surface area contributed by atoms with Gasteiger partial charge in [-0.15, -0.1) is 11.3 Å². The highest BCUT2D eigenvalue weighted by atomic mass is 32.1. The zero-order valence-electron chi connectivity index (χ0n) is 17.6. The van der Waals surface area contributed by atoms with Crippen molar-refractivity contribution in [1.29, 1.82) is 0 Å². The highest BCUT2D eigenvalue weighted by Gasteiger charge is 2.11. The summed E-state index contributed by atoms with van der Waals surface area (Å²) in [6, 6.07) is 27.0. The second-order valence-electron chi connectivity index (χ2n) is 7.53. The smallest absolute Gasteiger partial charge is 0.267 e. The van der Waals surface area contributed by atoms with E-state index in [0.29, 0.717) is 12.2 Å². The first-order valence-electron chi connectivity index (χ1n) is 10.5. The Kier molecular flexibility index (Phi) is 5.78. The van der Waals surface area contributed by atoms with Crippen molar-refractivity contribution in [2.45, 2.75) is 13.1 Å². The van der Waals surface area contributed by atoms with Gasteiger partial charge in [-0.2, -0.15) is 5.10 Å². The molecule has 0 aliphatic carbocycles. The van der Waals surface area contributed by atoms with Gasteiger partial charge in [0.15, 0.2) is 0 Å². The molecule has 7 heteroatoms. The van der Waals surface area contributed by atoms with Crippen LogP contribution in [0.15, 0.2) is 95.1 Å². The predicted molar refractivity (Wildman–Crippen MR) is 131 cm³/mol. The Morgan fingerprint density at radius 2 is 1.70 bits per heavy atom. The molecule has 33 heavy (non-hydrogen) atoms. The molecule has 2 aromatic heterocycles. The van der Waals surface area contributed by atoms with Crippen LogP contribution in [0.3, 0.4) is 0 Å². The van der Waals surface area contributed by atoms with Crippen molar-refractivity contribution in [1.82, 2.24) is 20.1 Å². The molecular formula is C26H20N4O2S. The summed E-state index contributed by atoms with van der Waals surface area (Å²) in [5.74, 6) is -0.297. The zero-order chi connectivity index (χ0) is 22.6. The molecule has 5 aromatic rings. The number of rotatable bonds is 6. The van der Waals surface area contributed by atoms with Gasteiger partial charge in [-0.3, -0.25) is 9.59 Å². The molecule has 0 fully saturated rings. The fraction of sp³-hybridized carbons (Fsp3) is 0.0769. The topological polar surface area (TPSA) is 76.9 Å². The summed E-state index contributed by atoms with van der Waals surface area (Å²) in [5.41, 5.74) is 3.05. The monoisotopic (exact) mass is 452 g/mol. The Balaban J connectivity index is 1.30. The molecule has 3 aromatic carbocycles. The number of carbonyl (C=O) groups excluding carboxylic acids is 1. The van der Waals surface area contributed by atoms with Gasteiger partial charge in [0.05, 0.1) is 17.9 Å². The van der Waals surface area contributed by atoms with Crippen molar-refractivity contribution >= 4 is 28.0 Å². The first-order chi connectivity index (χ1) is 16.2. The normalized spacial score (nSPS) is 10.9. The van der Waals surface area contributed by atoms with Crippen molar-refractivity contribution in [2.24, 2.45) is 0 Å². The fourth-order valence-electron chi connectivity index (χ4n) is 3.64. The number of fused-ring (bicyclic) bond motifs is 1. The van der Waals surface area contributed by atoms with Crippen molar-refractivity contribution in [3.05, 3.63) is 106 Å². The first kappa shape index (κ1) is 20.8. The average molecular weight is 453 g/mol. The average Bonchev–Trinajstić information content (AvgIpc) is 3.34. The molecule has 0 aliphatic rings. The third-order valence-corrected chi connectivity index (χ3v) is 6.20. The number of hydrogen-bond acceptors (Lipinski definition) is 5. The third kappa shape index (κ3) is 4.58. The molecule has 5 rings (SSSR count). The molecule has 162 valence electrons. The maximum Gasteiger partial charge on any atom is 0.267 e. The quantitative estimate of drug-likeness (QED) is 0.411. The van der Waals surface area contributed by atoms with E-state index in [1.165, 1.54) is 22.1 Å². The van der Waals surface area contributed by atoms with Crippen LogP contribution in [-0.2, 0) is 17.9 Å². The van der Waals surface area contributed by atoms with E-state index in [4.69, 9.17) is 0 Å². The fourth-order valence-corrected chi connectivity index (χ4v) is 4.46. The minimum absolute atomic E-state index is 0.160. The second-order valence-corrected chi connectivity index (χ2v) is 8.39. The third-order valence-electron chi connectivity index (χ3n) is 5.26. The number of thiazole rings is 1. The van der Waals surface area contributed by atoms with E-state index in [2.05, 4.69) is 15.4 Å². The van der Waals surface area contributed by atoms with Crippen LogP contribution in [0.25, 0.3) is 32.6 Å². The molecule has 0 unspecified atom stereocenters. The molecule has 0 radical (unpaired) electrons. The Bertz CT molecular complexity index is 1490. The molecule has 0 aliphatic heterocycles. The Morgan fingerprint density at radius 1 is 0.909 bits per heavy atom. The van der Waals surface area contributed by atoms with Crippen molar-refractivity contribution in [2.75, 3.05) is 0 Å². The van der Waals surface area contributed by atoms with Crippen LogP contribution in [0.4, 0.5) is 0 Å². The molecule has 1 amide bonds. The summed E-state index contributed by atoms with van der Waals surface area (Å²) in [5, 5.41) is 12.3. The number of amides is 1. The van der Waals surface area contributed by atoms with Crippen LogP contribution in [0, 0.1) is 0 Å². The lowest BCUT2D eigenvalue weighted by molar-refractivity contribution is -0.122. The van der Waals surface area contributed by atoms with E-state index >= 15 is 0 Å². The van der Waals surface area contributed by atoms with Crippen molar-refractivity contribution in [3.63, 3.8) is 0 Å². The summed E-state index contributed by atoms with van der Waals surface area (Å²) in [6.45, 7) is 0.132. The lowest BCUT2D eigenvalue weighted by Gasteiger charge is -2.09. The minimum atomic E-state index is -0.325. The Morgan fingerprint density at radius 3 is 2.58 bits per heavy atom. The minimum Gasteiger partial charge on any atom is -0.349 e. The molecule has 0 bridgehead atoms. The van der Waals surface area contributed by atoms with Gasteiger partial charge in [-0.05, 0) is 16.8 Å². The van der Waals surface area contributed by atoms with E-state index in [0.717, 1.165) is 32.6 Å². The Hall–Kier alpha value is -4.10. The first-order valence-corrected chi connectivity index (χ1v) is 11.4. The molecule has 0 spiro atoms. The molecule has 1 N–H and O–H groups in total. The molecule has 0 saturated carbocycles. The SMILES string of the molecule is O=C(Cn1nc(-c2cccc3ccccc23)ccc1=O)NCc1csc(-c2ccccc2)n1. The zero-order valence-corrected chi connectivity index (χ0v) is 18.5. The van der Waals surface area contributed by atoms with E-state index in [-0.39, 0.29) is 18.0 Å². The summed E-state index contributed by atoms with van der Waals surface area (Å²) in [6.07, 6.45) is 0. The number of carbonyl (C=O) groups is 1. The molecular weight excluding hydrogens is 432 g/mol.